The molecule has 0 radical (unpaired) electrons. The molecule has 0 aliphatic heterocycles. The quantitative estimate of drug-likeness (QED) is 0.558. The molecule has 6 heteroatoms. The Hall–Kier alpha value is -1.04. The Kier molecular flexibility index (Phi) is 3.28. The van der Waals surface area contributed by atoms with Crippen LogP contribution < -0.4 is 0 Å². The highest BCUT2D eigenvalue weighted by Crippen LogP contribution is 2.31. The van der Waals surface area contributed by atoms with Gasteiger partial charge in [0.1, 0.15) is 11.0 Å². The molecule has 96 valence electrons. The second-order valence-corrected chi connectivity index (χ2v) is 6.69. The Morgan fingerprint density at radius 3 is 2.79 bits per heavy atom. The maximum absolute atomic E-state index is 13.6. The minimum absolute atomic E-state index is 0.292. The van der Waals surface area contributed by atoms with Crippen LogP contribution in [0.1, 0.15) is 5.56 Å². The zero-order valence-electron chi connectivity index (χ0n) is 9.75. The number of fused-ring (bicyclic) bond motifs is 1. The molecule has 2 aromatic heterocycles. The maximum Gasteiger partial charge on any atom is 0.162 e. The van der Waals surface area contributed by atoms with E-state index in [9.17, 15) is 4.39 Å². The fourth-order valence-electron chi connectivity index (χ4n) is 1.83. The molecule has 2 heterocycles. The Balaban J connectivity index is 2.31. The summed E-state index contributed by atoms with van der Waals surface area (Å²) in [5.74, 6) is 0.216. The molecule has 0 amide bonds. The van der Waals surface area contributed by atoms with Gasteiger partial charge >= 0.3 is 0 Å². The standard InChI is InChI=1S/C13H7BrClFN2S/c1-6-9(16)3-2-8-11(6)17-13(18-12(8)15)7-4-10(14)19-5-7/h2-5H,1H3. The van der Waals surface area contributed by atoms with Gasteiger partial charge in [0.25, 0.3) is 0 Å². The average Bonchev–Trinajstić information content (AvgIpc) is 2.81. The first-order valence-corrected chi connectivity index (χ1v) is 7.48. The van der Waals surface area contributed by atoms with Crippen molar-refractivity contribution in [3.63, 3.8) is 0 Å². The predicted molar refractivity (Wildman–Crippen MR) is 80.3 cm³/mol. The van der Waals surface area contributed by atoms with Gasteiger partial charge in [0, 0.05) is 21.9 Å². The van der Waals surface area contributed by atoms with Crippen LogP contribution in [-0.2, 0) is 0 Å². The molecule has 0 spiro atoms. The largest absolute Gasteiger partial charge is 0.227 e. The lowest BCUT2D eigenvalue weighted by Crippen LogP contribution is -1.94. The van der Waals surface area contributed by atoms with Gasteiger partial charge in [-0.25, -0.2) is 14.4 Å². The van der Waals surface area contributed by atoms with E-state index >= 15 is 0 Å². The lowest BCUT2D eigenvalue weighted by molar-refractivity contribution is 0.620. The van der Waals surface area contributed by atoms with Crippen molar-refractivity contribution < 1.29 is 4.39 Å². The van der Waals surface area contributed by atoms with Gasteiger partial charge in [0.05, 0.1) is 9.30 Å². The van der Waals surface area contributed by atoms with Crippen LogP contribution in [0.15, 0.2) is 27.4 Å². The zero-order valence-corrected chi connectivity index (χ0v) is 12.9. The number of aryl methyl sites for hydroxylation is 1. The highest BCUT2D eigenvalue weighted by atomic mass is 79.9. The summed E-state index contributed by atoms with van der Waals surface area (Å²) in [5.41, 5.74) is 1.90. The molecule has 0 N–H and O–H groups in total. The van der Waals surface area contributed by atoms with Gasteiger partial charge in [-0.1, -0.05) is 11.6 Å². The van der Waals surface area contributed by atoms with E-state index in [2.05, 4.69) is 25.9 Å². The van der Waals surface area contributed by atoms with Gasteiger partial charge in [0.2, 0.25) is 0 Å². The summed E-state index contributed by atoms with van der Waals surface area (Å²) < 4.78 is 14.6. The lowest BCUT2D eigenvalue weighted by atomic mass is 10.1. The molecule has 0 saturated carbocycles. The average molecular weight is 358 g/mol. The van der Waals surface area contributed by atoms with Crippen LogP contribution in [-0.4, -0.2) is 9.97 Å². The predicted octanol–water partition coefficient (Wildman–Crippen LogP) is 5.22. The van der Waals surface area contributed by atoms with E-state index in [0.717, 1.165) is 9.35 Å². The Morgan fingerprint density at radius 2 is 2.11 bits per heavy atom. The number of aromatic nitrogens is 2. The van der Waals surface area contributed by atoms with Crippen LogP contribution in [0, 0.1) is 12.7 Å². The smallest absolute Gasteiger partial charge is 0.162 e. The SMILES string of the molecule is Cc1c(F)ccc2c(Cl)nc(-c3csc(Br)c3)nc12. The third-order valence-electron chi connectivity index (χ3n) is 2.83. The molecular formula is C13H7BrClFN2S. The number of rotatable bonds is 1. The van der Waals surface area contributed by atoms with E-state index in [1.54, 1.807) is 13.0 Å². The molecule has 0 saturated heterocycles. The van der Waals surface area contributed by atoms with E-state index in [1.807, 2.05) is 11.4 Å². The number of hydrogen-bond donors (Lipinski definition) is 0. The molecule has 0 atom stereocenters. The van der Waals surface area contributed by atoms with Gasteiger partial charge in [0.15, 0.2) is 5.82 Å². The molecule has 0 aliphatic carbocycles. The van der Waals surface area contributed by atoms with Crippen LogP contribution in [0.5, 0.6) is 0 Å². The number of halogens is 3. The summed E-state index contributed by atoms with van der Waals surface area (Å²) >= 11 is 11.1. The number of nitrogens with zero attached hydrogens (tertiary/aromatic N) is 2. The first-order valence-electron chi connectivity index (χ1n) is 5.43. The van der Waals surface area contributed by atoms with Crippen molar-refractivity contribution >= 4 is 49.8 Å². The summed E-state index contributed by atoms with van der Waals surface area (Å²) in [6, 6.07) is 4.90. The highest BCUT2D eigenvalue weighted by molar-refractivity contribution is 9.11. The number of thiophene rings is 1. The number of hydrogen-bond acceptors (Lipinski definition) is 3. The van der Waals surface area contributed by atoms with Crippen LogP contribution in [0.3, 0.4) is 0 Å². The molecule has 1 aromatic carbocycles. The van der Waals surface area contributed by atoms with Gasteiger partial charge in [-0.3, -0.25) is 0 Å². The van der Waals surface area contributed by atoms with Gasteiger partial charge < -0.3 is 0 Å². The molecule has 0 fully saturated rings. The van der Waals surface area contributed by atoms with Crippen molar-refractivity contribution in [1.29, 1.82) is 0 Å². The molecule has 3 aromatic rings. The number of benzene rings is 1. The first-order chi connectivity index (χ1) is 9.06. The van der Waals surface area contributed by atoms with Gasteiger partial charge in [-0.2, -0.15) is 0 Å². The van der Waals surface area contributed by atoms with E-state index < -0.39 is 0 Å². The van der Waals surface area contributed by atoms with Crippen molar-refractivity contribution in [2.45, 2.75) is 6.92 Å². The minimum atomic E-state index is -0.292. The highest BCUT2D eigenvalue weighted by Gasteiger charge is 2.12. The van der Waals surface area contributed by atoms with Gasteiger partial charge in [-0.05, 0) is 41.1 Å². The molecule has 2 nitrogen and oxygen atoms in total. The lowest BCUT2D eigenvalue weighted by Gasteiger charge is -2.06. The van der Waals surface area contributed by atoms with Crippen molar-refractivity contribution in [1.82, 2.24) is 9.97 Å². The third kappa shape index (κ3) is 2.26. The topological polar surface area (TPSA) is 25.8 Å². The summed E-state index contributed by atoms with van der Waals surface area (Å²) in [6.45, 7) is 1.69. The van der Waals surface area contributed by atoms with Crippen molar-refractivity contribution in [2.75, 3.05) is 0 Å². The Morgan fingerprint density at radius 1 is 1.32 bits per heavy atom. The van der Waals surface area contributed by atoms with E-state index in [0.29, 0.717) is 27.4 Å². The van der Waals surface area contributed by atoms with Gasteiger partial charge in [-0.15, -0.1) is 11.3 Å². The van der Waals surface area contributed by atoms with Crippen LogP contribution in [0.4, 0.5) is 4.39 Å². The molecule has 0 aliphatic rings. The fourth-order valence-corrected chi connectivity index (χ4v) is 3.19. The maximum atomic E-state index is 13.6. The summed E-state index contributed by atoms with van der Waals surface area (Å²) in [7, 11) is 0. The molecule has 0 bridgehead atoms. The molecular weight excluding hydrogens is 351 g/mol. The fraction of sp³-hybridized carbons (Fsp3) is 0.0769. The van der Waals surface area contributed by atoms with Crippen molar-refractivity contribution in [3.05, 3.63) is 43.9 Å². The first kappa shape index (κ1) is 13.0. The van der Waals surface area contributed by atoms with E-state index in [1.165, 1.54) is 17.4 Å². The van der Waals surface area contributed by atoms with Crippen molar-refractivity contribution in [3.8, 4) is 11.4 Å². The summed E-state index contributed by atoms with van der Waals surface area (Å²) in [4.78, 5) is 8.70. The molecule has 0 unspecified atom stereocenters. The summed E-state index contributed by atoms with van der Waals surface area (Å²) in [5, 5.41) is 2.93. The Bertz CT molecular complexity index is 788. The van der Waals surface area contributed by atoms with Crippen LogP contribution in [0.25, 0.3) is 22.3 Å². The summed E-state index contributed by atoms with van der Waals surface area (Å²) in [6.07, 6.45) is 0. The monoisotopic (exact) mass is 356 g/mol. The van der Waals surface area contributed by atoms with Crippen LogP contribution in [0.2, 0.25) is 5.15 Å². The minimum Gasteiger partial charge on any atom is -0.227 e. The zero-order chi connectivity index (χ0) is 13.6. The van der Waals surface area contributed by atoms with Crippen molar-refractivity contribution in [2.24, 2.45) is 0 Å². The second-order valence-electron chi connectivity index (χ2n) is 4.05. The second kappa shape index (κ2) is 4.81. The van der Waals surface area contributed by atoms with Crippen LogP contribution >= 0.6 is 38.9 Å². The molecule has 3 rings (SSSR count). The van der Waals surface area contributed by atoms with E-state index in [4.69, 9.17) is 11.6 Å². The normalized spacial score (nSPS) is 11.2. The third-order valence-corrected chi connectivity index (χ3v) is 4.63. The Labute approximate surface area is 126 Å². The molecule has 19 heavy (non-hydrogen) atoms. The van der Waals surface area contributed by atoms with E-state index in [-0.39, 0.29) is 5.82 Å².